The van der Waals surface area contributed by atoms with Crippen molar-refractivity contribution in [2.24, 2.45) is 5.92 Å². The molecule has 1 aromatic rings. The summed E-state index contributed by atoms with van der Waals surface area (Å²) in [5.41, 5.74) is 3.83. The quantitative estimate of drug-likeness (QED) is 0.438. The molecule has 0 bridgehead atoms. The van der Waals surface area contributed by atoms with Gasteiger partial charge in [-0.1, -0.05) is 65.0 Å². The van der Waals surface area contributed by atoms with Crippen molar-refractivity contribution < 1.29 is 5.11 Å². The lowest BCUT2D eigenvalue weighted by atomic mass is 9.74. The van der Waals surface area contributed by atoms with E-state index in [-0.39, 0.29) is 4.75 Å². The Morgan fingerprint density at radius 1 is 0.857 bits per heavy atom. The van der Waals surface area contributed by atoms with Crippen LogP contribution in [0.25, 0.3) is 0 Å². The molecule has 1 N–H and O–H groups in total. The maximum Gasteiger partial charge on any atom is 0.122 e. The highest BCUT2D eigenvalue weighted by molar-refractivity contribution is 7.81. The van der Waals surface area contributed by atoms with Gasteiger partial charge >= 0.3 is 0 Å². The van der Waals surface area contributed by atoms with E-state index in [0.717, 1.165) is 18.8 Å². The Labute approximate surface area is 179 Å². The lowest BCUT2D eigenvalue weighted by Crippen LogP contribution is -2.20. The largest absolute Gasteiger partial charge is 0.507 e. The van der Waals surface area contributed by atoms with Gasteiger partial charge in [-0.3, -0.25) is 0 Å². The lowest BCUT2D eigenvalue weighted by molar-refractivity contribution is 0.302. The molecule has 2 fully saturated rings. The van der Waals surface area contributed by atoms with Gasteiger partial charge in [0.05, 0.1) is 0 Å². The molecule has 1 nitrogen and oxygen atoms in total. The SMILES string of the molecule is CCCC1CCC(c2cc(C(S)(CC)CC)cc(C3CCCCC3)c2O)CC1. The number of aromatic hydroxyl groups is 1. The number of benzene rings is 1. The Balaban J connectivity index is 1.96. The van der Waals surface area contributed by atoms with E-state index in [4.69, 9.17) is 12.6 Å². The number of phenolic OH excluding ortho intramolecular Hbond substituents is 1. The van der Waals surface area contributed by atoms with Gasteiger partial charge in [0.15, 0.2) is 0 Å². The van der Waals surface area contributed by atoms with Crippen LogP contribution in [0.3, 0.4) is 0 Å². The van der Waals surface area contributed by atoms with Gasteiger partial charge in [-0.2, -0.15) is 12.6 Å². The highest BCUT2D eigenvalue weighted by Crippen LogP contribution is 2.48. The fourth-order valence-electron chi connectivity index (χ4n) is 5.81. The maximum atomic E-state index is 11.4. The van der Waals surface area contributed by atoms with E-state index < -0.39 is 0 Å². The Morgan fingerprint density at radius 2 is 1.39 bits per heavy atom. The second kappa shape index (κ2) is 9.92. The fourth-order valence-corrected chi connectivity index (χ4v) is 5.94. The van der Waals surface area contributed by atoms with E-state index in [2.05, 4.69) is 32.9 Å². The van der Waals surface area contributed by atoms with Crippen molar-refractivity contribution in [1.29, 1.82) is 0 Å². The summed E-state index contributed by atoms with van der Waals surface area (Å²) in [6.07, 6.45) is 16.3. The van der Waals surface area contributed by atoms with Gasteiger partial charge < -0.3 is 5.11 Å². The molecule has 0 atom stereocenters. The number of thiol groups is 1. The Kier molecular flexibility index (Phi) is 7.81. The molecule has 158 valence electrons. The predicted molar refractivity (Wildman–Crippen MR) is 125 cm³/mol. The summed E-state index contributed by atoms with van der Waals surface area (Å²) in [6, 6.07) is 4.67. The van der Waals surface area contributed by atoms with Crippen molar-refractivity contribution in [3.63, 3.8) is 0 Å². The minimum Gasteiger partial charge on any atom is -0.507 e. The number of rotatable bonds is 7. The van der Waals surface area contributed by atoms with Crippen molar-refractivity contribution >= 4 is 12.6 Å². The molecule has 0 radical (unpaired) electrons. The molecule has 2 heteroatoms. The summed E-state index contributed by atoms with van der Waals surface area (Å²) in [6.45, 7) is 6.80. The molecule has 28 heavy (non-hydrogen) atoms. The summed E-state index contributed by atoms with van der Waals surface area (Å²) in [7, 11) is 0. The Hall–Kier alpha value is -0.630. The number of phenols is 1. The topological polar surface area (TPSA) is 20.2 Å². The van der Waals surface area contributed by atoms with E-state index in [9.17, 15) is 5.11 Å². The molecular weight excluding hydrogens is 360 g/mol. The van der Waals surface area contributed by atoms with E-state index in [1.54, 1.807) is 0 Å². The summed E-state index contributed by atoms with van der Waals surface area (Å²) in [4.78, 5) is 0. The van der Waals surface area contributed by atoms with Gasteiger partial charge in [-0.15, -0.1) is 0 Å². The molecule has 0 saturated heterocycles. The zero-order chi connectivity index (χ0) is 20.1. The minimum absolute atomic E-state index is 0.0781. The van der Waals surface area contributed by atoms with Crippen molar-refractivity contribution in [3.8, 4) is 5.75 Å². The smallest absolute Gasteiger partial charge is 0.122 e. The van der Waals surface area contributed by atoms with Gasteiger partial charge in [0.1, 0.15) is 5.75 Å². The second-order valence-corrected chi connectivity index (χ2v) is 10.4. The first-order valence-electron chi connectivity index (χ1n) is 12.1. The first kappa shape index (κ1) is 22.1. The molecule has 0 spiro atoms. The zero-order valence-corrected chi connectivity index (χ0v) is 19.4. The highest BCUT2D eigenvalue weighted by Gasteiger charge is 2.31. The molecule has 3 rings (SSSR count). The number of hydrogen-bond acceptors (Lipinski definition) is 2. The first-order chi connectivity index (χ1) is 13.5. The van der Waals surface area contributed by atoms with E-state index >= 15 is 0 Å². The van der Waals surface area contributed by atoms with Gasteiger partial charge in [0.2, 0.25) is 0 Å². The molecule has 0 heterocycles. The van der Waals surface area contributed by atoms with Crippen molar-refractivity contribution in [2.45, 2.75) is 121 Å². The number of hydrogen-bond donors (Lipinski definition) is 2. The molecule has 0 aromatic heterocycles. The Morgan fingerprint density at radius 3 is 1.89 bits per heavy atom. The van der Waals surface area contributed by atoms with Gasteiger partial charge in [-0.25, -0.2) is 0 Å². The van der Waals surface area contributed by atoms with Crippen LogP contribution in [0.2, 0.25) is 0 Å². The van der Waals surface area contributed by atoms with Crippen LogP contribution in [0.5, 0.6) is 5.75 Å². The molecule has 2 aliphatic carbocycles. The molecule has 2 saturated carbocycles. The summed E-state index contributed by atoms with van der Waals surface area (Å²) in [5.74, 6) is 2.61. The predicted octanol–water partition coefficient (Wildman–Crippen LogP) is 8.46. The maximum absolute atomic E-state index is 11.4. The first-order valence-corrected chi connectivity index (χ1v) is 12.6. The summed E-state index contributed by atoms with van der Waals surface area (Å²) in [5, 5.41) is 11.4. The lowest BCUT2D eigenvalue weighted by Gasteiger charge is -2.34. The van der Waals surface area contributed by atoms with Crippen LogP contribution in [0.15, 0.2) is 12.1 Å². The highest BCUT2D eigenvalue weighted by atomic mass is 32.1. The molecule has 0 amide bonds. The van der Waals surface area contributed by atoms with Crippen LogP contribution in [0.1, 0.15) is 133 Å². The van der Waals surface area contributed by atoms with Crippen LogP contribution in [0.4, 0.5) is 0 Å². The normalized spacial score (nSPS) is 24.4. The second-order valence-electron chi connectivity index (χ2n) is 9.58. The van der Waals surface area contributed by atoms with Crippen molar-refractivity contribution in [3.05, 3.63) is 28.8 Å². The van der Waals surface area contributed by atoms with Crippen LogP contribution >= 0.6 is 12.6 Å². The third-order valence-corrected chi connectivity index (χ3v) is 8.80. The van der Waals surface area contributed by atoms with E-state index in [1.165, 1.54) is 87.3 Å². The van der Waals surface area contributed by atoms with Gasteiger partial charge in [-0.05, 0) is 85.8 Å². The third kappa shape index (κ3) is 4.74. The summed E-state index contributed by atoms with van der Waals surface area (Å²) >= 11 is 5.13. The Bertz CT molecular complexity index is 620. The van der Waals surface area contributed by atoms with Crippen LogP contribution < -0.4 is 0 Å². The standard InChI is InChI=1S/C26H42OS/c1-4-10-19-13-15-21(16-14-19)24-18-22(26(28,5-2)6-3)17-23(25(24)27)20-11-8-7-9-12-20/h17-21,27-28H,4-16H2,1-3H3. The van der Waals surface area contributed by atoms with Crippen LogP contribution in [-0.4, -0.2) is 5.11 Å². The molecule has 1 aromatic carbocycles. The average molecular weight is 403 g/mol. The van der Waals surface area contributed by atoms with E-state index in [1.807, 2.05) is 0 Å². The fraction of sp³-hybridized carbons (Fsp3) is 0.769. The van der Waals surface area contributed by atoms with Crippen LogP contribution in [0, 0.1) is 5.92 Å². The molecule has 0 aliphatic heterocycles. The third-order valence-electron chi connectivity index (χ3n) is 7.90. The van der Waals surface area contributed by atoms with Crippen LogP contribution in [-0.2, 0) is 4.75 Å². The van der Waals surface area contributed by atoms with Gasteiger partial charge in [0.25, 0.3) is 0 Å². The minimum atomic E-state index is -0.0781. The average Bonchev–Trinajstić information content (AvgIpc) is 2.75. The van der Waals surface area contributed by atoms with Crippen molar-refractivity contribution in [2.75, 3.05) is 0 Å². The molecule has 2 aliphatic rings. The summed E-state index contributed by atoms with van der Waals surface area (Å²) < 4.78 is -0.0781. The molecule has 0 unspecified atom stereocenters. The van der Waals surface area contributed by atoms with Gasteiger partial charge in [0, 0.05) is 4.75 Å². The van der Waals surface area contributed by atoms with Crippen molar-refractivity contribution in [1.82, 2.24) is 0 Å². The molecular formula is C26H42OS. The zero-order valence-electron chi connectivity index (χ0n) is 18.5. The monoisotopic (exact) mass is 402 g/mol. The van der Waals surface area contributed by atoms with E-state index in [0.29, 0.717) is 17.6 Å².